The molecule has 1 aromatic heterocycles. The largest absolute Gasteiger partial charge is 0.493 e. The highest BCUT2D eigenvalue weighted by molar-refractivity contribution is 5.90. The quantitative estimate of drug-likeness (QED) is 0.819. The summed E-state index contributed by atoms with van der Waals surface area (Å²) in [7, 11) is 1.43. The molecule has 0 spiro atoms. The minimum absolute atomic E-state index is 0.0387. The third-order valence-corrected chi connectivity index (χ3v) is 4.10. The van der Waals surface area contributed by atoms with Gasteiger partial charge < -0.3 is 14.8 Å². The summed E-state index contributed by atoms with van der Waals surface area (Å²) in [6.45, 7) is 1.98. The topological polar surface area (TPSA) is 99.5 Å². The van der Waals surface area contributed by atoms with Crippen molar-refractivity contribution in [3.8, 4) is 5.75 Å². The Morgan fingerprint density at radius 3 is 2.85 bits per heavy atom. The first-order chi connectivity index (χ1) is 12.5. The van der Waals surface area contributed by atoms with E-state index in [4.69, 9.17) is 9.47 Å². The van der Waals surface area contributed by atoms with Crippen molar-refractivity contribution in [3.63, 3.8) is 0 Å². The number of nitrogens with zero attached hydrogens (tertiary/aromatic N) is 2. The minimum Gasteiger partial charge on any atom is -0.493 e. The van der Waals surface area contributed by atoms with E-state index in [1.807, 2.05) is 24.3 Å². The summed E-state index contributed by atoms with van der Waals surface area (Å²) in [4.78, 5) is 35.8. The average molecular weight is 357 g/mol. The molecule has 1 N–H and O–H groups in total. The molecule has 1 aliphatic heterocycles. The van der Waals surface area contributed by atoms with Crippen LogP contribution in [0.3, 0.4) is 0 Å². The fourth-order valence-corrected chi connectivity index (χ4v) is 2.67. The first kappa shape index (κ1) is 17.7. The van der Waals surface area contributed by atoms with E-state index in [9.17, 15) is 14.4 Å². The van der Waals surface area contributed by atoms with Crippen molar-refractivity contribution in [1.29, 1.82) is 0 Å². The summed E-state index contributed by atoms with van der Waals surface area (Å²) in [5.74, 6) is -0.441. The summed E-state index contributed by atoms with van der Waals surface area (Å²) >= 11 is 0. The zero-order chi connectivity index (χ0) is 18.7. The Hall–Kier alpha value is -3.16. The zero-order valence-corrected chi connectivity index (χ0v) is 14.5. The lowest BCUT2D eigenvalue weighted by atomic mass is 10.0. The van der Waals surface area contributed by atoms with Crippen molar-refractivity contribution < 1.29 is 19.1 Å². The summed E-state index contributed by atoms with van der Waals surface area (Å²) in [6, 6.07) is 9.77. The summed E-state index contributed by atoms with van der Waals surface area (Å²) in [6.07, 6.45) is -0.372. The second-order valence-electron chi connectivity index (χ2n) is 5.96. The molecule has 0 aliphatic carbocycles. The Labute approximate surface area is 149 Å². The van der Waals surface area contributed by atoms with Crippen molar-refractivity contribution in [2.75, 3.05) is 6.61 Å². The number of fused-ring (bicyclic) bond motifs is 1. The van der Waals surface area contributed by atoms with E-state index < -0.39 is 18.0 Å². The third kappa shape index (κ3) is 3.74. The van der Waals surface area contributed by atoms with Crippen LogP contribution in [0.25, 0.3) is 0 Å². The van der Waals surface area contributed by atoms with Gasteiger partial charge in [-0.05, 0) is 19.1 Å². The van der Waals surface area contributed by atoms with E-state index in [-0.39, 0.29) is 17.3 Å². The zero-order valence-electron chi connectivity index (χ0n) is 14.5. The highest BCUT2D eigenvalue weighted by Crippen LogP contribution is 2.31. The van der Waals surface area contributed by atoms with E-state index in [0.717, 1.165) is 16.0 Å². The number of amides is 1. The van der Waals surface area contributed by atoms with Crippen LogP contribution in [0.5, 0.6) is 5.75 Å². The van der Waals surface area contributed by atoms with Crippen LogP contribution < -0.4 is 15.6 Å². The smallest absolute Gasteiger partial charge is 0.359 e. The van der Waals surface area contributed by atoms with Crippen molar-refractivity contribution in [2.24, 2.45) is 7.05 Å². The summed E-state index contributed by atoms with van der Waals surface area (Å²) in [5, 5.41) is 6.69. The monoisotopic (exact) mass is 357 g/mol. The van der Waals surface area contributed by atoms with Gasteiger partial charge in [0.25, 0.3) is 11.5 Å². The highest BCUT2D eigenvalue weighted by atomic mass is 16.5. The van der Waals surface area contributed by atoms with E-state index >= 15 is 0 Å². The number of benzene rings is 1. The van der Waals surface area contributed by atoms with E-state index in [1.165, 1.54) is 26.1 Å². The molecule has 0 saturated carbocycles. The predicted molar refractivity (Wildman–Crippen MR) is 91.8 cm³/mol. The third-order valence-electron chi connectivity index (χ3n) is 4.10. The molecule has 2 heterocycles. The number of para-hydroxylation sites is 1. The van der Waals surface area contributed by atoms with Crippen LogP contribution >= 0.6 is 0 Å². The maximum Gasteiger partial charge on any atom is 0.359 e. The molecular formula is C18H19N3O5. The first-order valence-electron chi connectivity index (χ1n) is 8.23. The molecule has 1 aromatic carbocycles. The Kier molecular flexibility index (Phi) is 5.01. The van der Waals surface area contributed by atoms with Crippen LogP contribution in [0.2, 0.25) is 0 Å². The van der Waals surface area contributed by atoms with Gasteiger partial charge in [0, 0.05) is 25.1 Å². The number of aromatic nitrogens is 2. The Balaban J connectivity index is 1.64. The van der Waals surface area contributed by atoms with Crippen molar-refractivity contribution in [3.05, 3.63) is 58.0 Å². The second-order valence-corrected chi connectivity index (χ2v) is 5.96. The normalized spacial score (nSPS) is 16.8. The van der Waals surface area contributed by atoms with Gasteiger partial charge in [-0.1, -0.05) is 18.2 Å². The molecule has 2 aromatic rings. The van der Waals surface area contributed by atoms with Crippen LogP contribution in [-0.2, 0) is 16.6 Å². The number of carbonyl (C=O) groups excluding carboxylic acids is 2. The molecule has 8 nitrogen and oxygen atoms in total. The van der Waals surface area contributed by atoms with E-state index in [0.29, 0.717) is 13.0 Å². The highest BCUT2D eigenvalue weighted by Gasteiger charge is 2.26. The van der Waals surface area contributed by atoms with Gasteiger partial charge >= 0.3 is 5.97 Å². The van der Waals surface area contributed by atoms with Gasteiger partial charge in [0.05, 0.1) is 12.6 Å². The maximum absolute atomic E-state index is 12.4. The van der Waals surface area contributed by atoms with Gasteiger partial charge in [-0.3, -0.25) is 9.59 Å². The molecular weight excluding hydrogens is 338 g/mol. The van der Waals surface area contributed by atoms with Crippen molar-refractivity contribution in [1.82, 2.24) is 15.1 Å². The number of hydrogen-bond donors (Lipinski definition) is 1. The molecule has 3 rings (SSSR count). The van der Waals surface area contributed by atoms with Crippen LogP contribution in [-0.4, -0.2) is 34.4 Å². The number of esters is 1. The average Bonchev–Trinajstić information content (AvgIpc) is 2.64. The SMILES string of the molecule is CC(OC(=O)c1ccc(=O)n(C)n1)C(=O)NC1CCOc2ccccc21. The molecule has 0 saturated heterocycles. The lowest BCUT2D eigenvalue weighted by Gasteiger charge is -2.27. The number of nitrogens with one attached hydrogen (secondary N) is 1. The maximum atomic E-state index is 12.4. The molecule has 136 valence electrons. The van der Waals surface area contributed by atoms with Gasteiger partial charge in [0.15, 0.2) is 11.8 Å². The van der Waals surface area contributed by atoms with Gasteiger partial charge in [0.1, 0.15) is 5.75 Å². The Morgan fingerprint density at radius 1 is 1.31 bits per heavy atom. The first-order valence-corrected chi connectivity index (χ1v) is 8.23. The van der Waals surface area contributed by atoms with Crippen LogP contribution in [0.1, 0.15) is 35.4 Å². The molecule has 0 radical (unpaired) electrons. The number of hydrogen-bond acceptors (Lipinski definition) is 6. The molecule has 0 bridgehead atoms. The molecule has 8 heteroatoms. The Morgan fingerprint density at radius 2 is 2.08 bits per heavy atom. The summed E-state index contributed by atoms with van der Waals surface area (Å²) in [5.41, 5.74) is 0.513. The lowest BCUT2D eigenvalue weighted by molar-refractivity contribution is -0.130. The molecule has 2 unspecified atom stereocenters. The molecule has 2 atom stereocenters. The number of carbonyl (C=O) groups is 2. The van der Waals surface area contributed by atoms with Crippen LogP contribution in [0.15, 0.2) is 41.2 Å². The molecule has 1 amide bonds. The van der Waals surface area contributed by atoms with E-state index in [2.05, 4.69) is 10.4 Å². The number of ether oxygens (including phenoxy) is 2. The molecule has 0 fully saturated rings. The standard InChI is InChI=1S/C18H19N3O5/c1-11(26-18(24)14-7-8-16(22)21(2)20-14)17(23)19-13-9-10-25-15-6-4-3-5-12(13)15/h3-8,11,13H,9-10H2,1-2H3,(H,19,23). The lowest BCUT2D eigenvalue weighted by Crippen LogP contribution is -2.40. The number of aryl methyl sites for hydroxylation is 1. The van der Waals surface area contributed by atoms with Gasteiger partial charge in [-0.15, -0.1) is 0 Å². The molecule has 26 heavy (non-hydrogen) atoms. The van der Waals surface area contributed by atoms with Gasteiger partial charge in [0.2, 0.25) is 0 Å². The fourth-order valence-electron chi connectivity index (χ4n) is 2.67. The number of rotatable bonds is 4. The molecule has 1 aliphatic rings. The van der Waals surface area contributed by atoms with Gasteiger partial charge in [-0.2, -0.15) is 5.10 Å². The van der Waals surface area contributed by atoms with Gasteiger partial charge in [-0.25, -0.2) is 9.48 Å². The van der Waals surface area contributed by atoms with Crippen molar-refractivity contribution >= 4 is 11.9 Å². The van der Waals surface area contributed by atoms with Crippen molar-refractivity contribution in [2.45, 2.75) is 25.5 Å². The Bertz CT molecular complexity index is 892. The second kappa shape index (κ2) is 7.38. The summed E-state index contributed by atoms with van der Waals surface area (Å²) < 4.78 is 11.8. The fraction of sp³-hybridized carbons (Fsp3) is 0.333. The minimum atomic E-state index is -1.00. The predicted octanol–water partition coefficient (Wildman–Crippen LogP) is 0.966. The van der Waals surface area contributed by atoms with Crippen LogP contribution in [0, 0.1) is 0 Å². The van der Waals surface area contributed by atoms with Crippen LogP contribution in [0.4, 0.5) is 0 Å². The van der Waals surface area contributed by atoms with E-state index in [1.54, 1.807) is 0 Å².